The Balaban J connectivity index is 2.65. The molecule has 1 aliphatic carbocycles. The SMILES string of the molecule is CCN(CCS(C)(=O)=O)C1(CN)CCCC1. The first kappa shape index (κ1) is 13.9. The molecule has 0 unspecified atom stereocenters. The van der Waals surface area contributed by atoms with Crippen molar-refractivity contribution < 1.29 is 8.42 Å². The molecule has 1 rings (SSSR count). The number of nitrogens with zero attached hydrogens (tertiary/aromatic N) is 1. The summed E-state index contributed by atoms with van der Waals surface area (Å²) in [5, 5.41) is 0. The summed E-state index contributed by atoms with van der Waals surface area (Å²) in [6.45, 7) is 4.22. The van der Waals surface area contributed by atoms with Gasteiger partial charge in [-0.15, -0.1) is 0 Å². The van der Waals surface area contributed by atoms with E-state index < -0.39 is 9.84 Å². The molecule has 4 nitrogen and oxygen atoms in total. The number of nitrogens with two attached hydrogens (primary N) is 1. The van der Waals surface area contributed by atoms with Gasteiger partial charge in [-0.1, -0.05) is 19.8 Å². The zero-order valence-corrected chi connectivity index (χ0v) is 11.2. The molecule has 0 aromatic rings. The maximum atomic E-state index is 11.2. The first-order valence-electron chi connectivity index (χ1n) is 6.06. The molecular weight excluding hydrogens is 224 g/mol. The minimum atomic E-state index is -2.88. The fraction of sp³-hybridized carbons (Fsp3) is 1.00. The molecule has 5 heteroatoms. The largest absolute Gasteiger partial charge is 0.329 e. The lowest BCUT2D eigenvalue weighted by Gasteiger charge is -2.40. The van der Waals surface area contributed by atoms with E-state index in [1.54, 1.807) is 0 Å². The molecule has 0 spiro atoms. The van der Waals surface area contributed by atoms with Crippen LogP contribution in [0.15, 0.2) is 0 Å². The highest BCUT2D eigenvalue weighted by Gasteiger charge is 2.37. The molecule has 1 fully saturated rings. The molecule has 0 aromatic heterocycles. The van der Waals surface area contributed by atoms with E-state index >= 15 is 0 Å². The third kappa shape index (κ3) is 3.43. The van der Waals surface area contributed by atoms with E-state index in [1.807, 2.05) is 0 Å². The molecule has 1 saturated carbocycles. The van der Waals surface area contributed by atoms with Gasteiger partial charge in [-0.2, -0.15) is 0 Å². The summed E-state index contributed by atoms with van der Waals surface area (Å²) in [7, 11) is -2.88. The van der Waals surface area contributed by atoms with Crippen LogP contribution in [0, 0.1) is 0 Å². The molecule has 0 amide bonds. The third-order valence-electron chi connectivity index (χ3n) is 3.70. The van der Waals surface area contributed by atoms with Gasteiger partial charge in [0.2, 0.25) is 0 Å². The second kappa shape index (κ2) is 5.47. The molecular formula is C11H24N2O2S. The van der Waals surface area contributed by atoms with E-state index in [4.69, 9.17) is 5.73 Å². The molecule has 0 saturated heterocycles. The van der Waals surface area contributed by atoms with Gasteiger partial charge in [-0.3, -0.25) is 4.90 Å². The first-order chi connectivity index (χ1) is 7.43. The molecule has 0 radical (unpaired) electrons. The lowest BCUT2D eigenvalue weighted by atomic mass is 9.95. The number of rotatable bonds is 6. The quantitative estimate of drug-likeness (QED) is 0.748. The monoisotopic (exact) mass is 248 g/mol. The summed E-state index contributed by atoms with van der Waals surface area (Å²) >= 11 is 0. The van der Waals surface area contributed by atoms with Crippen molar-refractivity contribution in [3.8, 4) is 0 Å². The van der Waals surface area contributed by atoms with Crippen LogP contribution in [0.1, 0.15) is 32.6 Å². The summed E-state index contributed by atoms with van der Waals surface area (Å²) in [4.78, 5) is 2.26. The van der Waals surface area contributed by atoms with Gasteiger partial charge in [-0.25, -0.2) is 8.42 Å². The van der Waals surface area contributed by atoms with Crippen molar-refractivity contribution in [2.75, 3.05) is 31.6 Å². The van der Waals surface area contributed by atoms with Crippen LogP contribution in [-0.4, -0.2) is 50.5 Å². The lowest BCUT2D eigenvalue weighted by molar-refractivity contribution is 0.113. The van der Waals surface area contributed by atoms with Gasteiger partial charge in [0.25, 0.3) is 0 Å². The van der Waals surface area contributed by atoms with Crippen LogP contribution in [0.5, 0.6) is 0 Å². The highest BCUT2D eigenvalue weighted by atomic mass is 32.2. The Morgan fingerprint density at radius 2 is 1.88 bits per heavy atom. The van der Waals surface area contributed by atoms with Crippen molar-refractivity contribution in [2.45, 2.75) is 38.1 Å². The third-order valence-corrected chi connectivity index (χ3v) is 4.62. The molecule has 96 valence electrons. The molecule has 0 bridgehead atoms. The second-order valence-electron chi connectivity index (χ2n) is 4.85. The predicted octanol–water partition coefficient (Wildman–Crippen LogP) is 0.624. The minimum Gasteiger partial charge on any atom is -0.329 e. The van der Waals surface area contributed by atoms with Gasteiger partial charge >= 0.3 is 0 Å². The topological polar surface area (TPSA) is 63.4 Å². The Morgan fingerprint density at radius 3 is 2.25 bits per heavy atom. The molecule has 0 aromatic carbocycles. The number of hydrogen-bond acceptors (Lipinski definition) is 4. The van der Waals surface area contributed by atoms with Crippen molar-refractivity contribution in [2.24, 2.45) is 5.73 Å². The van der Waals surface area contributed by atoms with E-state index in [1.165, 1.54) is 19.1 Å². The lowest BCUT2D eigenvalue weighted by Crippen LogP contribution is -2.53. The Labute approximate surface area is 99.1 Å². The van der Waals surface area contributed by atoms with Crippen LogP contribution in [0.25, 0.3) is 0 Å². The van der Waals surface area contributed by atoms with Crippen molar-refractivity contribution >= 4 is 9.84 Å². The zero-order chi connectivity index (χ0) is 12.2. The van der Waals surface area contributed by atoms with Gasteiger partial charge in [0.05, 0.1) is 5.75 Å². The average molecular weight is 248 g/mol. The predicted molar refractivity (Wildman–Crippen MR) is 67.2 cm³/mol. The van der Waals surface area contributed by atoms with E-state index in [9.17, 15) is 8.42 Å². The van der Waals surface area contributed by atoms with Crippen LogP contribution in [0.3, 0.4) is 0 Å². The summed E-state index contributed by atoms with van der Waals surface area (Å²) in [6.07, 6.45) is 5.95. The Morgan fingerprint density at radius 1 is 1.31 bits per heavy atom. The Hall–Kier alpha value is -0.130. The molecule has 1 aliphatic rings. The smallest absolute Gasteiger partial charge is 0.148 e. The Bertz CT molecular complexity index is 308. The first-order valence-corrected chi connectivity index (χ1v) is 8.12. The highest BCUT2D eigenvalue weighted by molar-refractivity contribution is 7.90. The van der Waals surface area contributed by atoms with Gasteiger partial charge < -0.3 is 5.73 Å². The van der Waals surface area contributed by atoms with Crippen molar-refractivity contribution in [3.63, 3.8) is 0 Å². The van der Waals surface area contributed by atoms with Gasteiger partial charge in [-0.05, 0) is 19.4 Å². The van der Waals surface area contributed by atoms with Crippen LogP contribution in [0.4, 0.5) is 0 Å². The average Bonchev–Trinajstić information content (AvgIpc) is 2.67. The maximum Gasteiger partial charge on any atom is 0.148 e. The standard InChI is InChI=1S/C11H24N2O2S/c1-3-13(8-9-16(2,14)15)11(10-12)6-4-5-7-11/h3-10,12H2,1-2H3. The number of likely N-dealkylation sites (N-methyl/N-ethyl adjacent to an activating group) is 1. The van der Waals surface area contributed by atoms with E-state index in [0.717, 1.165) is 19.4 Å². The maximum absolute atomic E-state index is 11.2. The highest BCUT2D eigenvalue weighted by Crippen LogP contribution is 2.34. The van der Waals surface area contributed by atoms with Crippen molar-refractivity contribution in [1.29, 1.82) is 0 Å². The van der Waals surface area contributed by atoms with Crippen LogP contribution in [-0.2, 0) is 9.84 Å². The number of sulfone groups is 1. The summed E-state index contributed by atoms with van der Waals surface area (Å²) in [5.41, 5.74) is 5.96. The fourth-order valence-corrected chi connectivity index (χ4v) is 3.24. The van der Waals surface area contributed by atoms with Crippen molar-refractivity contribution in [3.05, 3.63) is 0 Å². The molecule has 0 aliphatic heterocycles. The van der Waals surface area contributed by atoms with Crippen molar-refractivity contribution in [1.82, 2.24) is 4.90 Å². The van der Waals surface area contributed by atoms with Gasteiger partial charge in [0, 0.05) is 24.9 Å². The minimum absolute atomic E-state index is 0.0689. The normalized spacial score (nSPS) is 20.5. The fourth-order valence-electron chi connectivity index (χ4n) is 2.69. The Kier molecular flexibility index (Phi) is 4.76. The second-order valence-corrected chi connectivity index (χ2v) is 7.10. The van der Waals surface area contributed by atoms with E-state index in [2.05, 4.69) is 11.8 Å². The van der Waals surface area contributed by atoms with Crippen LogP contribution < -0.4 is 5.73 Å². The summed E-state index contributed by atoms with van der Waals surface area (Å²) < 4.78 is 22.4. The molecule has 0 heterocycles. The van der Waals surface area contributed by atoms with Crippen LogP contribution >= 0.6 is 0 Å². The number of hydrogen-bond donors (Lipinski definition) is 1. The van der Waals surface area contributed by atoms with E-state index in [-0.39, 0.29) is 11.3 Å². The molecule has 16 heavy (non-hydrogen) atoms. The summed E-state index contributed by atoms with van der Waals surface area (Å²) in [5.74, 6) is 0.239. The van der Waals surface area contributed by atoms with Gasteiger partial charge in [0.1, 0.15) is 9.84 Å². The zero-order valence-electron chi connectivity index (χ0n) is 10.4. The molecule has 0 atom stereocenters. The van der Waals surface area contributed by atoms with Gasteiger partial charge in [0.15, 0.2) is 0 Å². The molecule has 2 N–H and O–H groups in total. The summed E-state index contributed by atoms with van der Waals surface area (Å²) in [6, 6.07) is 0. The van der Waals surface area contributed by atoms with E-state index in [0.29, 0.717) is 13.1 Å². The van der Waals surface area contributed by atoms with Crippen LogP contribution in [0.2, 0.25) is 0 Å².